The number of rotatable bonds is 6. The Balaban J connectivity index is 2.23. The molecule has 0 aliphatic heterocycles. The van der Waals surface area contributed by atoms with E-state index in [1.807, 2.05) is 18.2 Å². The van der Waals surface area contributed by atoms with Crippen molar-refractivity contribution in [1.82, 2.24) is 0 Å². The van der Waals surface area contributed by atoms with Crippen LogP contribution in [0.2, 0.25) is 0 Å². The lowest BCUT2D eigenvalue weighted by Crippen LogP contribution is -2.27. The topological polar surface area (TPSA) is 20.3 Å². The number of nitrogens with zero attached hydrogens (tertiary/aromatic N) is 1. The van der Waals surface area contributed by atoms with Crippen LogP contribution in [0.3, 0.4) is 0 Å². The van der Waals surface area contributed by atoms with Crippen LogP contribution in [0.5, 0.6) is 0 Å². The van der Waals surface area contributed by atoms with E-state index in [2.05, 4.69) is 27.8 Å². The van der Waals surface area contributed by atoms with Gasteiger partial charge in [0.1, 0.15) is 0 Å². The average Bonchev–Trinajstić information content (AvgIpc) is 3.12. The van der Waals surface area contributed by atoms with Gasteiger partial charge in [0.15, 0.2) is 6.29 Å². The van der Waals surface area contributed by atoms with Crippen molar-refractivity contribution < 1.29 is 4.79 Å². The summed E-state index contributed by atoms with van der Waals surface area (Å²) in [5, 5.41) is 0. The summed E-state index contributed by atoms with van der Waals surface area (Å²) in [6, 6.07) is 5.96. The minimum atomic E-state index is 0.786. The van der Waals surface area contributed by atoms with Crippen LogP contribution < -0.4 is 4.90 Å². The molecule has 0 heterocycles. The summed E-state index contributed by atoms with van der Waals surface area (Å²) in [5.41, 5.74) is 1.87. The van der Waals surface area contributed by atoms with Gasteiger partial charge in [0.25, 0.3) is 0 Å². The third-order valence-corrected chi connectivity index (χ3v) is 3.62. The fraction of sp³-hybridized carbons (Fsp3) is 0.500. The van der Waals surface area contributed by atoms with Crippen molar-refractivity contribution in [2.75, 3.05) is 18.0 Å². The summed E-state index contributed by atoms with van der Waals surface area (Å²) in [6.07, 6.45) is 4.75. The molecule has 0 saturated heterocycles. The van der Waals surface area contributed by atoms with Crippen molar-refractivity contribution in [2.24, 2.45) is 5.92 Å². The highest BCUT2D eigenvalue weighted by Gasteiger charge is 2.25. The van der Waals surface area contributed by atoms with Crippen LogP contribution in [-0.4, -0.2) is 19.4 Å². The minimum Gasteiger partial charge on any atom is -0.371 e. The van der Waals surface area contributed by atoms with E-state index in [-0.39, 0.29) is 0 Å². The molecule has 1 aliphatic carbocycles. The van der Waals surface area contributed by atoms with E-state index < -0.39 is 0 Å². The maximum absolute atomic E-state index is 11.1. The lowest BCUT2D eigenvalue weighted by atomic mass is 10.1. The van der Waals surface area contributed by atoms with Crippen LogP contribution in [0.1, 0.15) is 36.5 Å². The molecule has 0 atom stereocenters. The molecule has 3 heteroatoms. The number of hydrogen-bond donors (Lipinski definition) is 0. The second-order valence-electron chi connectivity index (χ2n) is 4.71. The summed E-state index contributed by atoms with van der Waals surface area (Å²) in [7, 11) is 0. The van der Waals surface area contributed by atoms with Gasteiger partial charge in [-0.25, -0.2) is 0 Å². The lowest BCUT2D eigenvalue weighted by Gasteiger charge is -2.25. The van der Waals surface area contributed by atoms with Gasteiger partial charge in [-0.15, -0.1) is 0 Å². The van der Waals surface area contributed by atoms with Crippen molar-refractivity contribution in [3.63, 3.8) is 0 Å². The molecule has 2 nitrogen and oxygen atoms in total. The molecule has 0 unspecified atom stereocenters. The van der Waals surface area contributed by atoms with Crippen LogP contribution in [-0.2, 0) is 0 Å². The molecule has 1 aromatic carbocycles. The number of aldehydes is 1. The summed E-state index contributed by atoms with van der Waals surface area (Å²) < 4.78 is 0.964. The maximum Gasteiger partial charge on any atom is 0.152 e. The van der Waals surface area contributed by atoms with Crippen LogP contribution in [0.25, 0.3) is 0 Å². The molecule has 92 valence electrons. The first-order valence-corrected chi connectivity index (χ1v) is 7.03. The monoisotopic (exact) mass is 295 g/mol. The van der Waals surface area contributed by atoms with Gasteiger partial charge in [-0.2, -0.15) is 0 Å². The molecule has 1 aromatic rings. The van der Waals surface area contributed by atoms with Crippen LogP contribution in [0.15, 0.2) is 22.7 Å². The van der Waals surface area contributed by atoms with Gasteiger partial charge in [0, 0.05) is 28.8 Å². The number of halogens is 1. The van der Waals surface area contributed by atoms with Crippen LogP contribution >= 0.6 is 15.9 Å². The van der Waals surface area contributed by atoms with E-state index in [9.17, 15) is 4.79 Å². The Labute approximate surface area is 111 Å². The van der Waals surface area contributed by atoms with Crippen molar-refractivity contribution in [3.05, 3.63) is 28.2 Å². The number of carbonyl (C=O) groups excluding carboxylic acids is 1. The van der Waals surface area contributed by atoms with Gasteiger partial charge in [0.05, 0.1) is 0 Å². The molecule has 1 fully saturated rings. The second kappa shape index (κ2) is 5.67. The molecule has 1 aliphatic rings. The molecular formula is C14H18BrNO. The molecule has 0 spiro atoms. The fourth-order valence-corrected chi connectivity index (χ4v) is 2.48. The zero-order chi connectivity index (χ0) is 12.3. The molecular weight excluding hydrogens is 278 g/mol. The van der Waals surface area contributed by atoms with Crippen molar-refractivity contribution in [2.45, 2.75) is 26.2 Å². The third kappa shape index (κ3) is 3.32. The average molecular weight is 296 g/mol. The largest absolute Gasteiger partial charge is 0.371 e. The molecule has 17 heavy (non-hydrogen) atoms. The first kappa shape index (κ1) is 12.6. The van der Waals surface area contributed by atoms with Gasteiger partial charge >= 0.3 is 0 Å². The predicted molar refractivity (Wildman–Crippen MR) is 74.8 cm³/mol. The molecule has 1 saturated carbocycles. The Morgan fingerprint density at radius 1 is 1.47 bits per heavy atom. The number of hydrogen-bond acceptors (Lipinski definition) is 2. The Morgan fingerprint density at radius 2 is 2.24 bits per heavy atom. The number of benzene rings is 1. The van der Waals surface area contributed by atoms with Crippen molar-refractivity contribution in [1.29, 1.82) is 0 Å². The molecule has 2 rings (SSSR count). The third-order valence-electron chi connectivity index (χ3n) is 3.13. The highest BCUT2D eigenvalue weighted by atomic mass is 79.9. The van der Waals surface area contributed by atoms with Gasteiger partial charge in [-0.3, -0.25) is 4.79 Å². The summed E-state index contributed by atoms with van der Waals surface area (Å²) in [5.74, 6) is 0.838. The number of anilines is 1. The highest BCUT2D eigenvalue weighted by Crippen LogP contribution is 2.32. The van der Waals surface area contributed by atoms with Crippen molar-refractivity contribution in [3.8, 4) is 0 Å². The molecule has 0 bridgehead atoms. The molecule has 0 radical (unpaired) electrons. The Kier molecular flexibility index (Phi) is 4.21. The summed E-state index contributed by atoms with van der Waals surface area (Å²) >= 11 is 3.41. The van der Waals surface area contributed by atoms with Gasteiger partial charge in [-0.1, -0.05) is 22.9 Å². The normalized spacial score (nSPS) is 14.7. The van der Waals surface area contributed by atoms with Crippen LogP contribution in [0.4, 0.5) is 5.69 Å². The predicted octanol–water partition coefficient (Wildman–Crippen LogP) is 3.89. The lowest BCUT2D eigenvalue weighted by molar-refractivity contribution is 0.112. The smallest absolute Gasteiger partial charge is 0.152 e. The summed E-state index contributed by atoms with van der Waals surface area (Å²) in [6.45, 7) is 4.30. The highest BCUT2D eigenvalue weighted by molar-refractivity contribution is 9.10. The first-order chi connectivity index (χ1) is 8.24. The molecule has 0 N–H and O–H groups in total. The van der Waals surface area contributed by atoms with Gasteiger partial charge in [-0.05, 0) is 43.4 Å². The van der Waals surface area contributed by atoms with Crippen LogP contribution in [0, 0.1) is 5.92 Å². The van der Waals surface area contributed by atoms with Gasteiger partial charge in [0.2, 0.25) is 0 Å². The SMILES string of the molecule is CCCN(CC1CC1)c1ccc(Br)cc1C=O. The zero-order valence-electron chi connectivity index (χ0n) is 10.2. The zero-order valence-corrected chi connectivity index (χ0v) is 11.7. The summed E-state index contributed by atoms with van der Waals surface area (Å²) in [4.78, 5) is 13.5. The quantitative estimate of drug-likeness (QED) is 0.742. The first-order valence-electron chi connectivity index (χ1n) is 6.24. The van der Waals surface area contributed by atoms with Gasteiger partial charge < -0.3 is 4.90 Å². The Bertz CT molecular complexity index is 401. The molecule has 0 amide bonds. The standard InChI is InChI=1S/C14H18BrNO/c1-2-7-16(9-11-3-4-11)14-6-5-13(15)8-12(14)10-17/h5-6,8,10-11H,2-4,7,9H2,1H3. The van der Waals surface area contributed by atoms with E-state index in [0.717, 1.165) is 47.4 Å². The molecule has 0 aromatic heterocycles. The van der Waals surface area contributed by atoms with E-state index in [1.54, 1.807) is 0 Å². The fourth-order valence-electron chi connectivity index (χ4n) is 2.10. The Hall–Kier alpha value is -0.830. The minimum absolute atomic E-state index is 0.786. The van der Waals surface area contributed by atoms with E-state index in [4.69, 9.17) is 0 Å². The number of carbonyl (C=O) groups is 1. The van der Waals surface area contributed by atoms with E-state index in [1.165, 1.54) is 12.8 Å². The maximum atomic E-state index is 11.1. The second-order valence-corrected chi connectivity index (χ2v) is 5.63. The van der Waals surface area contributed by atoms with Crippen molar-refractivity contribution >= 4 is 27.9 Å². The van der Waals surface area contributed by atoms with E-state index in [0.29, 0.717) is 0 Å². The Morgan fingerprint density at radius 3 is 2.82 bits per heavy atom. The van der Waals surface area contributed by atoms with E-state index >= 15 is 0 Å².